The monoisotopic (exact) mass is 433 g/mol. The van der Waals surface area contributed by atoms with Gasteiger partial charge in [0.2, 0.25) is 5.91 Å². The van der Waals surface area contributed by atoms with E-state index in [0.717, 1.165) is 47.8 Å². The summed E-state index contributed by atoms with van der Waals surface area (Å²) < 4.78 is 0. The molecule has 0 radical (unpaired) electrons. The number of hydrogen-bond donors (Lipinski definition) is 1. The first-order valence-corrected chi connectivity index (χ1v) is 14.1. The molecule has 6 atom stereocenters. The first-order chi connectivity index (χ1) is 15.5. The number of nitrogens with one attached hydrogen (secondary N) is 1. The van der Waals surface area contributed by atoms with Gasteiger partial charge in [0.1, 0.15) is 0 Å². The van der Waals surface area contributed by atoms with Crippen LogP contribution in [0.3, 0.4) is 0 Å². The molecule has 6 saturated carbocycles. The summed E-state index contributed by atoms with van der Waals surface area (Å²) in [6.07, 6.45) is 23.3. The fourth-order valence-electron chi connectivity index (χ4n) is 11.2. The molecule has 0 unspecified atom stereocenters. The molecule has 2 nitrogen and oxygen atoms in total. The van der Waals surface area contributed by atoms with Gasteiger partial charge in [0.15, 0.2) is 0 Å². The zero-order valence-corrected chi connectivity index (χ0v) is 20.3. The highest BCUT2D eigenvalue weighted by atomic mass is 16.2. The van der Waals surface area contributed by atoms with Crippen LogP contribution in [0, 0.1) is 58.2 Å². The van der Waals surface area contributed by atoms with Crippen LogP contribution in [0.2, 0.25) is 0 Å². The fourth-order valence-corrected chi connectivity index (χ4v) is 11.2. The van der Waals surface area contributed by atoms with Gasteiger partial charge in [0.05, 0.1) is 0 Å². The molecule has 0 aromatic carbocycles. The Labute approximate surface area is 195 Å². The van der Waals surface area contributed by atoms with Crippen molar-refractivity contribution in [2.24, 2.45) is 58.2 Å². The third-order valence-corrected chi connectivity index (χ3v) is 12.5. The quantitative estimate of drug-likeness (QED) is 0.517. The van der Waals surface area contributed by atoms with Crippen LogP contribution in [0.5, 0.6) is 0 Å². The maximum absolute atomic E-state index is 13.8. The van der Waals surface area contributed by atoms with E-state index in [1.54, 1.807) is 5.57 Å². The van der Waals surface area contributed by atoms with Crippen molar-refractivity contribution >= 4 is 5.91 Å². The van der Waals surface area contributed by atoms with E-state index in [0.29, 0.717) is 17.4 Å². The Bertz CT molecular complexity index is 842. The van der Waals surface area contributed by atoms with E-state index in [1.807, 2.05) is 0 Å². The van der Waals surface area contributed by atoms with Gasteiger partial charge in [-0.05, 0) is 135 Å². The third kappa shape index (κ3) is 2.73. The van der Waals surface area contributed by atoms with Gasteiger partial charge >= 0.3 is 0 Å². The van der Waals surface area contributed by atoms with Gasteiger partial charge in [-0.2, -0.15) is 0 Å². The van der Waals surface area contributed by atoms with Crippen molar-refractivity contribution in [3.8, 4) is 0 Å². The predicted molar refractivity (Wildman–Crippen MR) is 129 cm³/mol. The van der Waals surface area contributed by atoms with Crippen LogP contribution >= 0.6 is 0 Å². The maximum Gasteiger partial charge on any atom is 0.223 e. The van der Waals surface area contributed by atoms with E-state index >= 15 is 0 Å². The largest absolute Gasteiger partial charge is 0.353 e. The Hall–Kier alpha value is -1.05. The summed E-state index contributed by atoms with van der Waals surface area (Å²) >= 11 is 0. The SMILES string of the molecule is C[C@]12CC[C@H]3[C@@H](CC=C4C=CCC[C@@]43C)[C@@H]1CC[C@H]2C(=O)NC1C2CC3CC(C2)CC1C3. The number of carbonyl (C=O) groups is 1. The van der Waals surface area contributed by atoms with Gasteiger partial charge in [0, 0.05) is 12.0 Å². The number of fused-ring (bicyclic) bond motifs is 5. The van der Waals surface area contributed by atoms with Crippen LogP contribution in [-0.2, 0) is 4.79 Å². The molecule has 32 heavy (non-hydrogen) atoms. The lowest BCUT2D eigenvalue weighted by molar-refractivity contribution is -0.135. The highest BCUT2D eigenvalue weighted by Crippen LogP contribution is 2.66. The molecule has 0 spiro atoms. The smallest absolute Gasteiger partial charge is 0.223 e. The van der Waals surface area contributed by atoms with Crippen molar-refractivity contribution in [3.05, 3.63) is 23.8 Å². The second-order valence-corrected chi connectivity index (χ2v) is 13.8. The summed E-state index contributed by atoms with van der Waals surface area (Å²) in [5.74, 6) is 6.62. The first-order valence-electron chi connectivity index (χ1n) is 14.1. The Morgan fingerprint density at radius 2 is 1.69 bits per heavy atom. The number of rotatable bonds is 2. The minimum absolute atomic E-state index is 0.226. The highest BCUT2D eigenvalue weighted by molar-refractivity contribution is 5.80. The molecule has 8 aliphatic rings. The van der Waals surface area contributed by atoms with E-state index in [2.05, 4.69) is 37.4 Å². The minimum Gasteiger partial charge on any atom is -0.353 e. The molecule has 8 rings (SSSR count). The van der Waals surface area contributed by atoms with Gasteiger partial charge in [-0.15, -0.1) is 0 Å². The van der Waals surface area contributed by atoms with Crippen LogP contribution in [-0.4, -0.2) is 11.9 Å². The lowest BCUT2D eigenvalue weighted by Gasteiger charge is -2.57. The Balaban J connectivity index is 1.10. The van der Waals surface area contributed by atoms with E-state index in [4.69, 9.17) is 0 Å². The minimum atomic E-state index is 0.226. The van der Waals surface area contributed by atoms with E-state index in [1.165, 1.54) is 70.6 Å². The number of carbonyl (C=O) groups excluding carboxylic acids is 1. The molecule has 0 saturated heterocycles. The average molecular weight is 434 g/mol. The molecule has 0 aromatic heterocycles. The lowest BCUT2D eigenvalue weighted by Crippen LogP contribution is -2.58. The molecule has 2 heteroatoms. The zero-order chi connectivity index (χ0) is 21.7. The highest BCUT2D eigenvalue weighted by Gasteiger charge is 2.60. The van der Waals surface area contributed by atoms with Crippen molar-refractivity contribution in [2.75, 3.05) is 0 Å². The normalized spacial score (nSPS) is 55.1. The maximum atomic E-state index is 13.8. The van der Waals surface area contributed by atoms with Crippen molar-refractivity contribution in [1.29, 1.82) is 0 Å². The van der Waals surface area contributed by atoms with Gasteiger partial charge in [-0.3, -0.25) is 4.79 Å². The van der Waals surface area contributed by atoms with Crippen molar-refractivity contribution in [3.63, 3.8) is 0 Å². The summed E-state index contributed by atoms with van der Waals surface area (Å²) in [5.41, 5.74) is 2.24. The molecular formula is C30H43NO. The molecule has 6 fully saturated rings. The summed E-state index contributed by atoms with van der Waals surface area (Å²) in [6.45, 7) is 5.08. The second-order valence-electron chi connectivity index (χ2n) is 13.8. The third-order valence-electron chi connectivity index (χ3n) is 12.5. The average Bonchev–Trinajstić information content (AvgIpc) is 3.12. The molecule has 0 aromatic rings. The first kappa shape index (κ1) is 20.3. The summed E-state index contributed by atoms with van der Waals surface area (Å²) in [6, 6.07) is 0.502. The van der Waals surface area contributed by atoms with Gasteiger partial charge < -0.3 is 5.32 Å². The number of allylic oxidation sites excluding steroid dienone is 4. The second kappa shape index (κ2) is 6.98. The Morgan fingerprint density at radius 1 is 0.938 bits per heavy atom. The molecule has 4 bridgehead atoms. The predicted octanol–water partition coefficient (Wildman–Crippen LogP) is 6.67. The van der Waals surface area contributed by atoms with Crippen molar-refractivity contribution < 1.29 is 4.79 Å². The van der Waals surface area contributed by atoms with Crippen LogP contribution in [0.25, 0.3) is 0 Å². The Morgan fingerprint density at radius 3 is 2.44 bits per heavy atom. The van der Waals surface area contributed by atoms with Crippen LogP contribution in [0.4, 0.5) is 0 Å². The molecule has 1 amide bonds. The zero-order valence-electron chi connectivity index (χ0n) is 20.3. The van der Waals surface area contributed by atoms with Gasteiger partial charge in [-0.1, -0.05) is 32.1 Å². The topological polar surface area (TPSA) is 29.1 Å². The molecule has 0 heterocycles. The van der Waals surface area contributed by atoms with Crippen molar-refractivity contribution in [2.45, 2.75) is 96.9 Å². The molecular weight excluding hydrogens is 390 g/mol. The van der Waals surface area contributed by atoms with Crippen LogP contribution < -0.4 is 5.32 Å². The van der Waals surface area contributed by atoms with E-state index in [9.17, 15) is 4.79 Å². The number of amides is 1. The summed E-state index contributed by atoms with van der Waals surface area (Å²) in [5, 5.41) is 3.73. The Kier molecular flexibility index (Phi) is 4.44. The van der Waals surface area contributed by atoms with Crippen LogP contribution in [0.1, 0.15) is 90.9 Å². The van der Waals surface area contributed by atoms with E-state index in [-0.39, 0.29) is 11.3 Å². The molecule has 0 aliphatic heterocycles. The summed E-state index contributed by atoms with van der Waals surface area (Å²) in [4.78, 5) is 13.8. The van der Waals surface area contributed by atoms with Crippen molar-refractivity contribution in [1.82, 2.24) is 5.32 Å². The van der Waals surface area contributed by atoms with Crippen LogP contribution in [0.15, 0.2) is 23.8 Å². The lowest BCUT2D eigenvalue weighted by atomic mass is 9.48. The molecule has 1 N–H and O–H groups in total. The van der Waals surface area contributed by atoms with Gasteiger partial charge in [-0.25, -0.2) is 0 Å². The van der Waals surface area contributed by atoms with E-state index < -0.39 is 0 Å². The molecule has 174 valence electrons. The number of hydrogen-bond acceptors (Lipinski definition) is 1. The summed E-state index contributed by atoms with van der Waals surface area (Å²) in [7, 11) is 0. The standard InChI is InChI=1S/C30H43NO/c1-29-11-4-3-5-22(29)6-7-23-24-8-9-26(30(24,2)12-10-25(23)29)28(32)31-27-20-14-18-13-19(16-20)17-21(27)15-18/h3,5-6,18-21,23-27H,4,7-17H2,1-2H3,(H,31,32)/t18?,19?,20?,21?,23-,24-,25-,26-,27?,29-,30-/m0/s1. The molecule has 8 aliphatic carbocycles. The van der Waals surface area contributed by atoms with Gasteiger partial charge in [0.25, 0.3) is 0 Å². The fraction of sp³-hybridized carbons (Fsp3) is 0.833.